The zero-order chi connectivity index (χ0) is 20.5. The molecule has 3 aromatic rings. The Morgan fingerprint density at radius 2 is 1.59 bits per heavy atom. The number of anilines is 1. The number of aliphatic hydroxyl groups excluding tert-OH is 1. The molecule has 144 valence electrons. The maximum Gasteiger partial charge on any atom is 0.302 e. The minimum Gasteiger partial charge on any atom is -0.507 e. The molecule has 0 radical (unpaired) electrons. The number of nitrogens with zero attached hydrogens (tertiary/aromatic N) is 3. The average molecular weight is 393 g/mol. The fourth-order valence-corrected chi connectivity index (χ4v) is 3.21. The first-order valence-electron chi connectivity index (χ1n) is 8.57. The molecule has 1 atom stereocenters. The van der Waals surface area contributed by atoms with Gasteiger partial charge >= 0.3 is 5.91 Å². The summed E-state index contributed by atoms with van der Waals surface area (Å²) in [5.41, 5.74) is -0.235. The first-order valence-corrected chi connectivity index (χ1v) is 8.57. The average Bonchev–Trinajstić information content (AvgIpc) is 3.00. The summed E-state index contributed by atoms with van der Waals surface area (Å²) in [5, 5.41) is 10.8. The largest absolute Gasteiger partial charge is 0.507 e. The Balaban J connectivity index is 1.97. The van der Waals surface area contributed by atoms with Crippen LogP contribution in [0.15, 0.2) is 72.6 Å². The van der Waals surface area contributed by atoms with Crippen LogP contribution in [0.5, 0.6) is 0 Å². The second-order valence-electron chi connectivity index (χ2n) is 6.25. The Hall–Kier alpha value is -3.94. The van der Waals surface area contributed by atoms with Gasteiger partial charge in [0.05, 0.1) is 5.57 Å². The van der Waals surface area contributed by atoms with Crippen molar-refractivity contribution in [1.82, 2.24) is 9.97 Å². The number of aliphatic hydroxyl groups is 1. The predicted molar refractivity (Wildman–Crippen MR) is 99.6 cm³/mol. The van der Waals surface area contributed by atoms with E-state index in [0.29, 0.717) is 0 Å². The lowest BCUT2D eigenvalue weighted by Crippen LogP contribution is -2.31. The highest BCUT2D eigenvalue weighted by Gasteiger charge is 2.48. The van der Waals surface area contributed by atoms with Crippen molar-refractivity contribution < 1.29 is 23.5 Å². The Labute approximate surface area is 163 Å². The number of amides is 1. The molecule has 0 spiro atoms. The van der Waals surface area contributed by atoms with E-state index in [1.54, 1.807) is 6.07 Å². The Kier molecular flexibility index (Phi) is 4.59. The van der Waals surface area contributed by atoms with E-state index in [-0.39, 0.29) is 22.6 Å². The third kappa shape index (κ3) is 3.14. The van der Waals surface area contributed by atoms with Crippen molar-refractivity contribution in [1.29, 1.82) is 0 Å². The number of hydrogen-bond acceptors (Lipinski definition) is 5. The molecule has 1 fully saturated rings. The van der Waals surface area contributed by atoms with Crippen molar-refractivity contribution in [2.24, 2.45) is 0 Å². The second-order valence-corrected chi connectivity index (χ2v) is 6.25. The van der Waals surface area contributed by atoms with E-state index in [9.17, 15) is 23.5 Å². The van der Waals surface area contributed by atoms with E-state index in [4.69, 9.17) is 0 Å². The van der Waals surface area contributed by atoms with Gasteiger partial charge in [0, 0.05) is 23.5 Å². The standard InChI is InChI=1S/C21H13F2N3O3/c22-13-8-6-12(7-9-13)18(27)16-17(14-4-1-2-5-15(14)23)26(20(29)19(16)28)21-24-10-3-11-25-21/h1-11,17,27H/b18-16+. The summed E-state index contributed by atoms with van der Waals surface area (Å²) in [5.74, 6) is -3.90. The first-order chi connectivity index (χ1) is 14.0. The van der Waals surface area contributed by atoms with E-state index >= 15 is 0 Å². The Bertz CT molecular complexity index is 1130. The number of rotatable bonds is 3. The highest BCUT2D eigenvalue weighted by atomic mass is 19.1. The summed E-state index contributed by atoms with van der Waals surface area (Å²) in [7, 11) is 0. The number of aromatic nitrogens is 2. The van der Waals surface area contributed by atoms with Crippen LogP contribution in [0.1, 0.15) is 17.2 Å². The van der Waals surface area contributed by atoms with E-state index in [1.807, 2.05) is 0 Å². The maximum absolute atomic E-state index is 14.6. The van der Waals surface area contributed by atoms with E-state index in [0.717, 1.165) is 17.0 Å². The van der Waals surface area contributed by atoms with Gasteiger partial charge in [-0.25, -0.2) is 18.7 Å². The van der Waals surface area contributed by atoms with Gasteiger partial charge in [-0.2, -0.15) is 0 Å². The summed E-state index contributed by atoms with van der Waals surface area (Å²) >= 11 is 0. The van der Waals surface area contributed by atoms with Crippen molar-refractivity contribution in [2.75, 3.05) is 4.90 Å². The molecule has 1 saturated heterocycles. The fraction of sp³-hybridized carbons (Fsp3) is 0.0476. The van der Waals surface area contributed by atoms with Gasteiger partial charge in [0.15, 0.2) is 0 Å². The molecule has 2 aromatic carbocycles. The van der Waals surface area contributed by atoms with Crippen molar-refractivity contribution in [3.8, 4) is 0 Å². The molecule has 1 aliphatic rings. The first kappa shape index (κ1) is 18.4. The lowest BCUT2D eigenvalue weighted by atomic mass is 9.95. The van der Waals surface area contributed by atoms with Gasteiger partial charge in [-0.15, -0.1) is 0 Å². The van der Waals surface area contributed by atoms with Gasteiger partial charge in [-0.1, -0.05) is 18.2 Å². The van der Waals surface area contributed by atoms with Gasteiger partial charge in [0.25, 0.3) is 5.78 Å². The summed E-state index contributed by atoms with van der Waals surface area (Å²) in [4.78, 5) is 34.5. The Morgan fingerprint density at radius 1 is 0.931 bits per heavy atom. The van der Waals surface area contributed by atoms with Crippen LogP contribution in [0.25, 0.3) is 5.76 Å². The molecule has 1 N–H and O–H groups in total. The third-order valence-electron chi connectivity index (χ3n) is 4.53. The molecule has 1 aliphatic heterocycles. The summed E-state index contributed by atoms with van der Waals surface area (Å²) in [6.07, 6.45) is 2.75. The topological polar surface area (TPSA) is 83.4 Å². The normalized spacial score (nSPS) is 18.3. The number of halogens is 2. The minimum atomic E-state index is -1.29. The predicted octanol–water partition coefficient (Wildman–Crippen LogP) is 3.38. The van der Waals surface area contributed by atoms with E-state index < -0.39 is 35.1 Å². The van der Waals surface area contributed by atoms with Gasteiger partial charge in [0.1, 0.15) is 23.4 Å². The molecule has 8 heteroatoms. The van der Waals surface area contributed by atoms with Gasteiger partial charge in [-0.3, -0.25) is 14.5 Å². The molecule has 6 nitrogen and oxygen atoms in total. The molecule has 1 amide bonds. The fourth-order valence-electron chi connectivity index (χ4n) is 3.21. The van der Waals surface area contributed by atoms with Gasteiger partial charge < -0.3 is 5.11 Å². The zero-order valence-electron chi connectivity index (χ0n) is 14.8. The summed E-state index contributed by atoms with van der Waals surface area (Å²) in [6.45, 7) is 0. The van der Waals surface area contributed by atoms with E-state index in [1.165, 1.54) is 48.8 Å². The van der Waals surface area contributed by atoms with Crippen LogP contribution in [0.3, 0.4) is 0 Å². The highest BCUT2D eigenvalue weighted by Crippen LogP contribution is 2.41. The number of carbonyl (C=O) groups is 2. The SMILES string of the molecule is O=C1C(=O)N(c2ncccn2)C(c2ccccc2F)/C1=C(\O)c1ccc(F)cc1. The molecular formula is C21H13F2N3O3. The molecule has 4 rings (SSSR count). The lowest BCUT2D eigenvalue weighted by molar-refractivity contribution is -0.132. The van der Waals surface area contributed by atoms with Crippen LogP contribution in [0, 0.1) is 11.6 Å². The van der Waals surface area contributed by atoms with E-state index in [2.05, 4.69) is 9.97 Å². The number of carbonyl (C=O) groups excluding carboxylic acids is 2. The number of Topliss-reactive ketones (excluding diaryl/α,β-unsaturated/α-hetero) is 1. The van der Waals surface area contributed by atoms with Crippen LogP contribution >= 0.6 is 0 Å². The molecule has 0 bridgehead atoms. The molecule has 1 aromatic heterocycles. The number of ketones is 1. The number of benzene rings is 2. The zero-order valence-corrected chi connectivity index (χ0v) is 14.8. The van der Waals surface area contributed by atoms with Crippen LogP contribution < -0.4 is 4.90 Å². The third-order valence-corrected chi connectivity index (χ3v) is 4.53. The van der Waals surface area contributed by atoms with Crippen molar-refractivity contribution >= 4 is 23.4 Å². The molecule has 1 unspecified atom stereocenters. The molecule has 0 aliphatic carbocycles. The van der Waals surface area contributed by atoms with Crippen molar-refractivity contribution in [2.45, 2.75) is 6.04 Å². The van der Waals surface area contributed by atoms with Crippen LogP contribution in [0.2, 0.25) is 0 Å². The second kappa shape index (κ2) is 7.23. The molecule has 2 heterocycles. The van der Waals surface area contributed by atoms with Crippen molar-refractivity contribution in [3.63, 3.8) is 0 Å². The van der Waals surface area contributed by atoms with Crippen LogP contribution in [-0.4, -0.2) is 26.8 Å². The highest BCUT2D eigenvalue weighted by molar-refractivity contribution is 6.51. The quantitative estimate of drug-likeness (QED) is 0.419. The number of hydrogen-bond donors (Lipinski definition) is 1. The monoisotopic (exact) mass is 393 g/mol. The van der Waals surface area contributed by atoms with Gasteiger partial charge in [0.2, 0.25) is 5.95 Å². The van der Waals surface area contributed by atoms with Crippen molar-refractivity contribution in [3.05, 3.63) is 95.3 Å². The maximum atomic E-state index is 14.6. The Morgan fingerprint density at radius 3 is 2.24 bits per heavy atom. The minimum absolute atomic E-state index is 0.0113. The van der Waals surface area contributed by atoms with Crippen LogP contribution in [-0.2, 0) is 9.59 Å². The molecular weight excluding hydrogens is 380 g/mol. The molecule has 0 saturated carbocycles. The van der Waals surface area contributed by atoms with Crippen LogP contribution in [0.4, 0.5) is 14.7 Å². The smallest absolute Gasteiger partial charge is 0.302 e. The van der Waals surface area contributed by atoms with Gasteiger partial charge in [-0.05, 0) is 36.4 Å². The summed E-state index contributed by atoms with van der Waals surface area (Å²) < 4.78 is 27.9. The summed E-state index contributed by atoms with van der Waals surface area (Å²) in [6, 6.07) is 10.5. The molecule has 29 heavy (non-hydrogen) atoms. The lowest BCUT2D eigenvalue weighted by Gasteiger charge is -2.23.